The van der Waals surface area contributed by atoms with Gasteiger partial charge in [0.15, 0.2) is 5.15 Å². The molecule has 0 bridgehead atoms. The van der Waals surface area contributed by atoms with Gasteiger partial charge in [0.1, 0.15) is 6.04 Å². The minimum atomic E-state index is -2.74. The van der Waals surface area contributed by atoms with Crippen molar-refractivity contribution in [3.63, 3.8) is 0 Å². The SMILES string of the molecule is C1CCOC1.Cc1cc2cnc(Nc3cnn(C4CC4(F)F)c3Cl)nc2cc1C1CCNCC1. The molecule has 1 atom stereocenters. The first-order valence-electron chi connectivity index (χ1n) is 11.9. The summed E-state index contributed by atoms with van der Waals surface area (Å²) >= 11 is 6.25. The van der Waals surface area contributed by atoms with E-state index in [0.29, 0.717) is 17.6 Å². The van der Waals surface area contributed by atoms with Gasteiger partial charge in [-0.3, -0.25) is 0 Å². The second-order valence-corrected chi connectivity index (χ2v) is 9.56. The summed E-state index contributed by atoms with van der Waals surface area (Å²) in [6.07, 6.45) is 7.74. The lowest BCUT2D eigenvalue weighted by Crippen LogP contribution is -2.26. The summed E-state index contributed by atoms with van der Waals surface area (Å²) < 4.78 is 32.8. The van der Waals surface area contributed by atoms with Crippen LogP contribution in [0.25, 0.3) is 10.9 Å². The van der Waals surface area contributed by atoms with Gasteiger partial charge in [-0.05, 0) is 74.9 Å². The lowest BCUT2D eigenvalue weighted by Gasteiger charge is -2.24. The predicted molar refractivity (Wildman–Crippen MR) is 128 cm³/mol. The lowest BCUT2D eigenvalue weighted by atomic mass is 9.87. The van der Waals surface area contributed by atoms with E-state index < -0.39 is 12.0 Å². The van der Waals surface area contributed by atoms with Crippen LogP contribution in [0.2, 0.25) is 5.15 Å². The van der Waals surface area contributed by atoms with E-state index in [1.165, 1.54) is 30.2 Å². The molecule has 4 heterocycles. The Morgan fingerprint density at radius 3 is 2.56 bits per heavy atom. The molecule has 2 N–H and O–H groups in total. The van der Waals surface area contributed by atoms with Crippen molar-refractivity contribution in [1.82, 2.24) is 25.1 Å². The molecule has 0 radical (unpaired) electrons. The monoisotopic (exact) mass is 490 g/mol. The number of nitrogens with one attached hydrogen (secondary N) is 2. The number of halogens is 3. The van der Waals surface area contributed by atoms with Gasteiger partial charge in [0.2, 0.25) is 5.95 Å². The summed E-state index contributed by atoms with van der Waals surface area (Å²) in [5.41, 5.74) is 3.84. The third kappa shape index (κ3) is 5.01. The van der Waals surface area contributed by atoms with Crippen molar-refractivity contribution in [2.24, 2.45) is 0 Å². The summed E-state index contributed by atoms with van der Waals surface area (Å²) in [6.45, 7) is 6.19. The van der Waals surface area contributed by atoms with Crippen molar-refractivity contribution >= 4 is 34.1 Å². The van der Waals surface area contributed by atoms with E-state index in [-0.39, 0.29) is 11.6 Å². The minimum absolute atomic E-state index is 0.134. The molecule has 3 fully saturated rings. The standard InChI is InChI=1S/C20H21ClF2N6.C4H8O/c1-11-6-13-9-25-19(27-15(13)7-14(11)12-2-4-24-5-3-12)28-16-10-26-29(18(16)21)17-8-20(17,22)23;1-2-4-5-3-1/h6-7,9-10,12,17,24H,2-5,8H2,1H3,(H,25,27,28);1-4H2. The number of nitrogens with zero attached hydrogens (tertiary/aromatic N) is 4. The van der Waals surface area contributed by atoms with Crippen molar-refractivity contribution in [2.45, 2.75) is 56.9 Å². The van der Waals surface area contributed by atoms with Crippen molar-refractivity contribution < 1.29 is 13.5 Å². The van der Waals surface area contributed by atoms with E-state index in [1.54, 1.807) is 6.20 Å². The van der Waals surface area contributed by atoms with Crippen molar-refractivity contribution in [1.29, 1.82) is 0 Å². The highest BCUT2D eigenvalue weighted by molar-refractivity contribution is 6.32. The van der Waals surface area contributed by atoms with Crippen LogP contribution in [-0.2, 0) is 4.74 Å². The van der Waals surface area contributed by atoms with E-state index in [1.807, 2.05) is 0 Å². The predicted octanol–water partition coefficient (Wildman–Crippen LogP) is 5.38. The highest BCUT2D eigenvalue weighted by Crippen LogP contribution is 2.53. The number of rotatable bonds is 4. The zero-order valence-corrected chi connectivity index (χ0v) is 19.9. The number of ether oxygens (including phenoxy) is 1. The van der Waals surface area contributed by atoms with Gasteiger partial charge in [0.25, 0.3) is 5.92 Å². The van der Waals surface area contributed by atoms with Crippen LogP contribution in [-0.4, -0.2) is 52.0 Å². The Morgan fingerprint density at radius 1 is 1.18 bits per heavy atom. The number of benzene rings is 1. The second kappa shape index (κ2) is 9.71. The molecule has 6 rings (SSSR count). The Bertz CT molecular complexity index is 1150. The topological polar surface area (TPSA) is 76.9 Å². The smallest absolute Gasteiger partial charge is 0.272 e. The molecule has 1 aromatic carbocycles. The Hall–Kier alpha value is -2.36. The summed E-state index contributed by atoms with van der Waals surface area (Å²) in [5, 5.41) is 11.5. The Kier molecular flexibility index (Phi) is 6.68. The van der Waals surface area contributed by atoms with Crippen LogP contribution in [0.1, 0.15) is 55.2 Å². The molecule has 2 saturated heterocycles. The second-order valence-electron chi connectivity index (χ2n) is 9.20. The van der Waals surface area contributed by atoms with Crippen molar-refractivity contribution in [3.05, 3.63) is 40.8 Å². The number of fused-ring (bicyclic) bond motifs is 1. The van der Waals surface area contributed by atoms with E-state index >= 15 is 0 Å². The Morgan fingerprint density at radius 2 is 1.91 bits per heavy atom. The molecule has 7 nitrogen and oxygen atoms in total. The van der Waals surface area contributed by atoms with Gasteiger partial charge in [-0.2, -0.15) is 5.10 Å². The molecule has 1 unspecified atom stereocenters. The zero-order chi connectivity index (χ0) is 23.7. The van der Waals surface area contributed by atoms with Crippen LogP contribution < -0.4 is 10.6 Å². The molecule has 182 valence electrons. The molecular formula is C24H29ClF2N6O. The molecule has 0 spiro atoms. The molecule has 34 heavy (non-hydrogen) atoms. The van der Waals surface area contributed by atoms with Crippen molar-refractivity contribution in [3.8, 4) is 0 Å². The zero-order valence-electron chi connectivity index (χ0n) is 19.2. The van der Waals surface area contributed by atoms with Gasteiger partial charge in [-0.15, -0.1) is 0 Å². The highest BCUT2D eigenvalue weighted by atomic mass is 35.5. The van der Waals surface area contributed by atoms with E-state index in [4.69, 9.17) is 16.3 Å². The van der Waals surface area contributed by atoms with Gasteiger partial charge >= 0.3 is 0 Å². The fourth-order valence-electron chi connectivity index (χ4n) is 4.59. The van der Waals surface area contributed by atoms with Crippen LogP contribution in [0.3, 0.4) is 0 Å². The maximum atomic E-state index is 13.3. The van der Waals surface area contributed by atoms with Gasteiger partial charge in [-0.1, -0.05) is 11.6 Å². The van der Waals surface area contributed by atoms with Gasteiger partial charge in [-0.25, -0.2) is 23.4 Å². The van der Waals surface area contributed by atoms with Gasteiger partial charge in [0.05, 0.1) is 17.4 Å². The molecule has 1 aliphatic carbocycles. The normalized spacial score (nSPS) is 21.8. The first kappa shape index (κ1) is 23.4. The van der Waals surface area contributed by atoms with Gasteiger partial charge < -0.3 is 15.4 Å². The summed E-state index contributed by atoms with van der Waals surface area (Å²) in [6, 6.07) is 3.29. The summed E-state index contributed by atoms with van der Waals surface area (Å²) in [5.74, 6) is -1.85. The molecule has 2 aliphatic heterocycles. The third-order valence-electron chi connectivity index (χ3n) is 6.64. The van der Waals surface area contributed by atoms with E-state index in [2.05, 4.69) is 44.8 Å². The summed E-state index contributed by atoms with van der Waals surface area (Å²) in [7, 11) is 0. The van der Waals surface area contributed by atoms with Crippen LogP contribution in [0.5, 0.6) is 0 Å². The lowest BCUT2D eigenvalue weighted by molar-refractivity contribution is 0.0984. The number of anilines is 2. The molecule has 1 saturated carbocycles. The first-order valence-corrected chi connectivity index (χ1v) is 12.2. The first-order chi connectivity index (χ1) is 16.4. The van der Waals surface area contributed by atoms with Crippen LogP contribution >= 0.6 is 11.6 Å². The average molecular weight is 491 g/mol. The third-order valence-corrected chi connectivity index (χ3v) is 7.02. The quantitative estimate of drug-likeness (QED) is 0.511. The number of piperidine rings is 1. The Labute approximate surface area is 202 Å². The molecule has 10 heteroatoms. The maximum Gasteiger partial charge on any atom is 0.272 e. The molecule has 2 aromatic heterocycles. The molecule has 3 aromatic rings. The Balaban J connectivity index is 0.000000429. The van der Waals surface area contributed by atoms with E-state index in [9.17, 15) is 8.78 Å². The number of aryl methyl sites for hydroxylation is 1. The number of aromatic nitrogens is 4. The van der Waals surface area contributed by atoms with Crippen LogP contribution in [0, 0.1) is 6.92 Å². The van der Waals surface area contributed by atoms with E-state index in [0.717, 1.165) is 54.7 Å². The highest BCUT2D eigenvalue weighted by Gasteiger charge is 2.59. The van der Waals surface area contributed by atoms with Crippen molar-refractivity contribution in [2.75, 3.05) is 31.6 Å². The van der Waals surface area contributed by atoms with Crippen LogP contribution in [0.4, 0.5) is 20.4 Å². The molecule has 0 amide bonds. The largest absolute Gasteiger partial charge is 0.381 e. The molecular weight excluding hydrogens is 462 g/mol. The molecule has 3 aliphatic rings. The fraction of sp³-hybridized carbons (Fsp3) is 0.542. The average Bonchev–Trinajstić information content (AvgIpc) is 3.24. The number of hydrogen-bond donors (Lipinski definition) is 2. The van der Waals surface area contributed by atoms with Gasteiger partial charge in [0, 0.05) is 31.2 Å². The minimum Gasteiger partial charge on any atom is -0.381 e. The number of hydrogen-bond acceptors (Lipinski definition) is 6. The fourth-order valence-corrected chi connectivity index (χ4v) is 4.84. The van der Waals surface area contributed by atoms with Crippen LogP contribution in [0.15, 0.2) is 24.5 Å². The summed E-state index contributed by atoms with van der Waals surface area (Å²) in [4.78, 5) is 8.97. The maximum absolute atomic E-state index is 13.3. The number of alkyl halides is 2.